The third-order valence-corrected chi connectivity index (χ3v) is 1.42. The van der Waals surface area contributed by atoms with Gasteiger partial charge < -0.3 is 10.5 Å². The Hall–Kier alpha value is -0.280. The first-order valence-electron chi connectivity index (χ1n) is 3.42. The average molecular weight is 182 g/mol. The van der Waals surface area contributed by atoms with Gasteiger partial charge in [-0.05, 0) is 13.3 Å². The van der Waals surface area contributed by atoms with Crippen LogP contribution in [0.1, 0.15) is 26.7 Å². The van der Waals surface area contributed by atoms with Crippen LogP contribution in [0.3, 0.4) is 0 Å². The van der Waals surface area contributed by atoms with Crippen LogP contribution >= 0.6 is 12.4 Å². The molecule has 68 valence electrons. The van der Waals surface area contributed by atoms with Gasteiger partial charge in [0.25, 0.3) is 0 Å². The fraction of sp³-hybridized carbons (Fsp3) is 0.857. The number of hydrogen-bond donors (Lipinski definition) is 1. The van der Waals surface area contributed by atoms with Crippen molar-refractivity contribution in [2.24, 2.45) is 5.73 Å². The van der Waals surface area contributed by atoms with E-state index in [2.05, 4.69) is 4.74 Å². The molecule has 0 fully saturated rings. The van der Waals surface area contributed by atoms with E-state index in [4.69, 9.17) is 5.73 Å². The number of nitrogens with two attached hydrogens (primary N) is 1. The SMILES string of the molecule is CCCC(C)(N)C(=O)OC.Cl. The largest absolute Gasteiger partial charge is 0.468 e. The molecule has 0 amide bonds. The number of hydrogen-bond acceptors (Lipinski definition) is 3. The Morgan fingerprint density at radius 2 is 2.09 bits per heavy atom. The summed E-state index contributed by atoms with van der Waals surface area (Å²) < 4.78 is 4.50. The minimum atomic E-state index is -0.802. The van der Waals surface area contributed by atoms with Crippen molar-refractivity contribution in [3.05, 3.63) is 0 Å². The van der Waals surface area contributed by atoms with E-state index in [9.17, 15) is 4.79 Å². The molecule has 0 aromatic heterocycles. The molecule has 11 heavy (non-hydrogen) atoms. The zero-order valence-corrected chi connectivity index (χ0v) is 8.03. The molecule has 0 aliphatic carbocycles. The molecule has 0 aromatic carbocycles. The van der Waals surface area contributed by atoms with Crippen LogP contribution in [0, 0.1) is 0 Å². The number of ether oxygens (including phenoxy) is 1. The van der Waals surface area contributed by atoms with Crippen molar-refractivity contribution in [1.29, 1.82) is 0 Å². The van der Waals surface area contributed by atoms with Crippen molar-refractivity contribution < 1.29 is 9.53 Å². The third kappa shape index (κ3) is 4.22. The summed E-state index contributed by atoms with van der Waals surface area (Å²) in [6.07, 6.45) is 1.56. The molecule has 0 heterocycles. The monoisotopic (exact) mass is 181 g/mol. The van der Waals surface area contributed by atoms with Crippen LogP contribution in [-0.4, -0.2) is 18.6 Å². The summed E-state index contributed by atoms with van der Waals surface area (Å²) in [4.78, 5) is 10.9. The van der Waals surface area contributed by atoms with Gasteiger partial charge in [-0.25, -0.2) is 0 Å². The van der Waals surface area contributed by atoms with E-state index < -0.39 is 5.54 Å². The Kier molecular flexibility index (Phi) is 6.52. The first-order chi connectivity index (χ1) is 4.54. The smallest absolute Gasteiger partial charge is 0.325 e. The second-order valence-electron chi connectivity index (χ2n) is 2.66. The maximum absolute atomic E-state index is 10.9. The zero-order valence-electron chi connectivity index (χ0n) is 7.22. The average Bonchev–Trinajstić information content (AvgIpc) is 1.86. The zero-order chi connectivity index (χ0) is 8.20. The Labute approximate surface area is 73.7 Å². The topological polar surface area (TPSA) is 52.3 Å². The lowest BCUT2D eigenvalue weighted by atomic mass is 9.98. The van der Waals surface area contributed by atoms with Crippen molar-refractivity contribution >= 4 is 18.4 Å². The summed E-state index contributed by atoms with van der Waals surface area (Å²) >= 11 is 0. The van der Waals surface area contributed by atoms with E-state index in [1.54, 1.807) is 6.92 Å². The minimum absolute atomic E-state index is 0. The van der Waals surface area contributed by atoms with E-state index >= 15 is 0 Å². The summed E-state index contributed by atoms with van der Waals surface area (Å²) in [5.74, 6) is -0.339. The van der Waals surface area contributed by atoms with Gasteiger partial charge >= 0.3 is 5.97 Å². The molecule has 0 aromatic rings. The maximum Gasteiger partial charge on any atom is 0.325 e. The van der Waals surface area contributed by atoms with Crippen molar-refractivity contribution in [2.45, 2.75) is 32.2 Å². The molecule has 0 saturated carbocycles. The second-order valence-corrected chi connectivity index (χ2v) is 2.66. The van der Waals surface area contributed by atoms with Crippen molar-refractivity contribution in [1.82, 2.24) is 0 Å². The van der Waals surface area contributed by atoms with Gasteiger partial charge in [-0.3, -0.25) is 4.79 Å². The molecular weight excluding hydrogens is 166 g/mol. The molecule has 0 bridgehead atoms. The first-order valence-corrected chi connectivity index (χ1v) is 3.42. The summed E-state index contributed by atoms with van der Waals surface area (Å²) in [5.41, 5.74) is 4.80. The van der Waals surface area contributed by atoms with Crippen LogP contribution in [0.25, 0.3) is 0 Å². The third-order valence-electron chi connectivity index (χ3n) is 1.42. The predicted molar refractivity (Wildman–Crippen MR) is 46.8 cm³/mol. The van der Waals surface area contributed by atoms with Crippen molar-refractivity contribution in [3.63, 3.8) is 0 Å². The molecule has 0 spiro atoms. The molecule has 4 heteroatoms. The lowest BCUT2D eigenvalue weighted by Gasteiger charge is -2.19. The van der Waals surface area contributed by atoms with E-state index in [0.29, 0.717) is 6.42 Å². The Morgan fingerprint density at radius 3 is 2.36 bits per heavy atom. The summed E-state index contributed by atoms with van der Waals surface area (Å²) in [5, 5.41) is 0. The summed E-state index contributed by atoms with van der Waals surface area (Å²) in [7, 11) is 1.35. The fourth-order valence-electron chi connectivity index (χ4n) is 0.855. The van der Waals surface area contributed by atoms with Crippen LogP contribution in [0.5, 0.6) is 0 Å². The molecule has 0 radical (unpaired) electrons. The van der Waals surface area contributed by atoms with Gasteiger partial charge in [-0.15, -0.1) is 12.4 Å². The number of halogens is 1. The van der Waals surface area contributed by atoms with E-state index in [1.165, 1.54) is 7.11 Å². The second kappa shape index (κ2) is 5.38. The highest BCUT2D eigenvalue weighted by Crippen LogP contribution is 2.09. The molecule has 2 N–H and O–H groups in total. The lowest BCUT2D eigenvalue weighted by Crippen LogP contribution is -2.45. The summed E-state index contributed by atoms with van der Waals surface area (Å²) in [6.45, 7) is 3.66. The summed E-state index contributed by atoms with van der Waals surface area (Å²) in [6, 6.07) is 0. The van der Waals surface area contributed by atoms with E-state index in [1.807, 2.05) is 6.92 Å². The Bertz CT molecular complexity index is 126. The van der Waals surface area contributed by atoms with Gasteiger partial charge in [-0.2, -0.15) is 0 Å². The lowest BCUT2D eigenvalue weighted by molar-refractivity contribution is -0.146. The molecule has 0 aliphatic heterocycles. The number of carbonyl (C=O) groups is 1. The number of esters is 1. The van der Waals surface area contributed by atoms with Crippen LogP contribution in [0.4, 0.5) is 0 Å². The van der Waals surface area contributed by atoms with Crippen LogP contribution in [-0.2, 0) is 9.53 Å². The standard InChI is InChI=1S/C7H15NO2.ClH/c1-4-5-7(2,8)6(9)10-3;/h4-5,8H2,1-3H3;1H. The first kappa shape index (κ1) is 13.3. The number of rotatable bonds is 3. The molecule has 0 aliphatic rings. The van der Waals surface area contributed by atoms with Crippen LogP contribution < -0.4 is 5.73 Å². The molecule has 1 atom stereocenters. The number of carbonyl (C=O) groups excluding carboxylic acids is 1. The van der Waals surface area contributed by atoms with Gasteiger partial charge in [0.2, 0.25) is 0 Å². The highest BCUT2D eigenvalue weighted by molar-refractivity contribution is 5.85. The van der Waals surface area contributed by atoms with Crippen LogP contribution in [0.2, 0.25) is 0 Å². The van der Waals surface area contributed by atoms with Gasteiger partial charge in [0, 0.05) is 0 Å². The molecule has 1 unspecified atom stereocenters. The normalized spacial score (nSPS) is 14.5. The molecule has 0 rings (SSSR count). The quantitative estimate of drug-likeness (QED) is 0.664. The van der Waals surface area contributed by atoms with Gasteiger partial charge in [0.15, 0.2) is 0 Å². The highest BCUT2D eigenvalue weighted by atomic mass is 35.5. The van der Waals surface area contributed by atoms with Gasteiger partial charge in [0.1, 0.15) is 5.54 Å². The molecule has 0 saturated heterocycles. The minimum Gasteiger partial charge on any atom is -0.468 e. The number of methoxy groups -OCH3 is 1. The Balaban J connectivity index is 0. The van der Waals surface area contributed by atoms with Gasteiger partial charge in [-0.1, -0.05) is 13.3 Å². The Morgan fingerprint density at radius 1 is 1.64 bits per heavy atom. The van der Waals surface area contributed by atoms with Crippen LogP contribution in [0.15, 0.2) is 0 Å². The van der Waals surface area contributed by atoms with Gasteiger partial charge in [0.05, 0.1) is 7.11 Å². The van der Waals surface area contributed by atoms with E-state index in [-0.39, 0.29) is 18.4 Å². The van der Waals surface area contributed by atoms with E-state index in [0.717, 1.165) is 6.42 Å². The molecular formula is C7H16ClNO2. The molecule has 3 nitrogen and oxygen atoms in total. The maximum atomic E-state index is 10.9. The van der Waals surface area contributed by atoms with Crippen molar-refractivity contribution in [3.8, 4) is 0 Å². The fourth-order valence-corrected chi connectivity index (χ4v) is 0.855. The highest BCUT2D eigenvalue weighted by Gasteiger charge is 2.27. The predicted octanol–water partition coefficient (Wildman–Crippen LogP) is 1.10. The van der Waals surface area contributed by atoms with Crippen molar-refractivity contribution in [2.75, 3.05) is 7.11 Å².